The van der Waals surface area contributed by atoms with E-state index >= 15 is 0 Å². The number of ether oxygens (including phenoxy) is 1. The molecule has 0 unspecified atom stereocenters. The van der Waals surface area contributed by atoms with Crippen molar-refractivity contribution in [2.75, 3.05) is 0 Å². The van der Waals surface area contributed by atoms with Crippen molar-refractivity contribution in [3.63, 3.8) is 0 Å². The fourth-order valence-electron chi connectivity index (χ4n) is 6.47. The second-order valence-corrected chi connectivity index (χ2v) is 13.6. The van der Waals surface area contributed by atoms with E-state index in [-0.39, 0.29) is 26.5 Å². The molecule has 0 aliphatic rings. The second kappa shape index (κ2) is 12.9. The number of hydrogen-bond donors (Lipinski definition) is 0. The van der Waals surface area contributed by atoms with Crippen molar-refractivity contribution in [2.24, 2.45) is 0 Å². The molecule has 244 valence electrons. The largest absolute Gasteiger partial charge is 2.00 e. The van der Waals surface area contributed by atoms with Gasteiger partial charge in [-0.2, -0.15) is 11.2 Å². The first-order valence-electron chi connectivity index (χ1n) is 16.3. The molecule has 48 heavy (non-hydrogen) atoms. The van der Waals surface area contributed by atoms with Crippen LogP contribution in [0.15, 0.2) is 85.3 Å². The molecular formula is C42H40N4OPt. The molecule has 7 aromatic rings. The first-order chi connectivity index (χ1) is 22.5. The van der Waals surface area contributed by atoms with Gasteiger partial charge in [-0.1, -0.05) is 57.5 Å². The molecule has 3 aromatic heterocycles. The number of pyridine rings is 1. The Labute approximate surface area is 297 Å². The van der Waals surface area contributed by atoms with Gasteiger partial charge in [-0.05, 0) is 102 Å². The molecule has 0 amide bonds. The van der Waals surface area contributed by atoms with Gasteiger partial charge in [0.25, 0.3) is 0 Å². The van der Waals surface area contributed by atoms with Gasteiger partial charge in [0.15, 0.2) is 0 Å². The van der Waals surface area contributed by atoms with E-state index in [1.54, 1.807) is 0 Å². The maximum atomic E-state index is 6.59. The van der Waals surface area contributed by atoms with Gasteiger partial charge in [-0.25, -0.2) is 4.98 Å². The Kier molecular flexibility index (Phi) is 8.95. The zero-order chi connectivity index (χ0) is 33.0. The zero-order valence-electron chi connectivity index (χ0n) is 28.8. The average molecular weight is 812 g/mol. The first-order valence-corrected chi connectivity index (χ1v) is 16.3. The minimum absolute atomic E-state index is 0. The van der Waals surface area contributed by atoms with Crippen LogP contribution in [0.5, 0.6) is 11.5 Å². The summed E-state index contributed by atoms with van der Waals surface area (Å²) < 4.78 is 10.7. The van der Waals surface area contributed by atoms with E-state index in [0.29, 0.717) is 11.5 Å². The molecule has 0 spiro atoms. The van der Waals surface area contributed by atoms with Crippen LogP contribution in [0.4, 0.5) is 0 Å². The van der Waals surface area contributed by atoms with Crippen molar-refractivity contribution >= 4 is 21.8 Å². The molecule has 7 rings (SSSR count). The third kappa shape index (κ3) is 6.01. The predicted octanol–water partition coefficient (Wildman–Crippen LogP) is 10.5. The van der Waals surface area contributed by atoms with Crippen LogP contribution in [0, 0.1) is 39.8 Å². The summed E-state index contributed by atoms with van der Waals surface area (Å²) >= 11 is 0. The molecule has 0 aliphatic carbocycles. The molecule has 0 fully saturated rings. The fraction of sp³-hybridized carbons (Fsp3) is 0.238. The topological polar surface area (TPSA) is 44.9 Å². The number of benzene rings is 4. The van der Waals surface area contributed by atoms with E-state index in [1.807, 2.05) is 23.1 Å². The third-order valence-corrected chi connectivity index (χ3v) is 9.40. The van der Waals surface area contributed by atoms with Crippen LogP contribution in [0.25, 0.3) is 44.4 Å². The molecule has 0 radical (unpaired) electrons. The van der Waals surface area contributed by atoms with Crippen molar-refractivity contribution in [3.8, 4) is 34.1 Å². The van der Waals surface area contributed by atoms with Gasteiger partial charge < -0.3 is 9.30 Å². The molecule has 0 saturated carbocycles. The number of rotatable bonds is 6. The standard InChI is InChI=1S/C42H40N4O.Pt/c1-9-30-16-17-43-40(19-30)46-38-13-11-10-12-36(38)37-15-14-34(23-39(37)46)47-35-21-32(42(6,7)8)20-33(22-35)45-25-31(24-44-45)41-28(4)26(2)18-27(3)29(41)5;/h10-21,24-25H,9H2,1-8H3;/q-2;+2. The smallest absolute Gasteiger partial charge is 0.509 e. The molecule has 0 aliphatic heterocycles. The van der Waals surface area contributed by atoms with Crippen molar-refractivity contribution in [1.82, 2.24) is 19.3 Å². The maximum Gasteiger partial charge on any atom is 2.00 e. The summed E-state index contributed by atoms with van der Waals surface area (Å²) in [4.78, 5) is 4.76. The van der Waals surface area contributed by atoms with Crippen LogP contribution in [0.2, 0.25) is 0 Å². The van der Waals surface area contributed by atoms with E-state index in [9.17, 15) is 0 Å². The van der Waals surface area contributed by atoms with Crippen molar-refractivity contribution in [1.29, 1.82) is 0 Å². The van der Waals surface area contributed by atoms with E-state index in [2.05, 4.69) is 139 Å². The SMILES string of the molecule is CCc1ccnc(-n2c3[c-]c(Oc4[c-]c(-n5cc(-c6c(C)c(C)cc(C)c6C)cn5)cc(C(C)(C)C)c4)ccc3c3ccccc32)c1.[Pt+2]. The molecule has 5 nitrogen and oxygen atoms in total. The number of hydrogen-bond acceptors (Lipinski definition) is 3. The Balaban J connectivity index is 0.00000401. The number of fused-ring (bicyclic) bond motifs is 3. The van der Waals surface area contributed by atoms with Gasteiger partial charge in [0.1, 0.15) is 5.82 Å². The number of nitrogens with zero attached hydrogens (tertiary/aromatic N) is 4. The molecule has 0 saturated heterocycles. The summed E-state index contributed by atoms with van der Waals surface area (Å²) in [6.07, 6.45) is 6.88. The van der Waals surface area contributed by atoms with Gasteiger partial charge in [0.05, 0.1) is 6.20 Å². The molecule has 0 atom stereocenters. The zero-order valence-corrected chi connectivity index (χ0v) is 31.1. The minimum atomic E-state index is -0.116. The number of aryl methyl sites for hydroxylation is 3. The Morgan fingerprint density at radius 1 is 0.812 bits per heavy atom. The van der Waals surface area contributed by atoms with Gasteiger partial charge in [0.2, 0.25) is 0 Å². The number of aromatic nitrogens is 4. The van der Waals surface area contributed by atoms with Crippen LogP contribution in [0.3, 0.4) is 0 Å². The summed E-state index contributed by atoms with van der Waals surface area (Å²) in [7, 11) is 0. The fourth-order valence-corrected chi connectivity index (χ4v) is 6.47. The van der Waals surface area contributed by atoms with Crippen molar-refractivity contribution < 1.29 is 25.8 Å². The van der Waals surface area contributed by atoms with Gasteiger partial charge in [-0.15, -0.1) is 41.3 Å². The van der Waals surface area contributed by atoms with E-state index in [0.717, 1.165) is 50.9 Å². The molecule has 3 heterocycles. The first kappa shape index (κ1) is 33.4. The maximum absolute atomic E-state index is 6.59. The third-order valence-electron chi connectivity index (χ3n) is 9.40. The minimum Gasteiger partial charge on any atom is -0.509 e. The molecule has 0 bridgehead atoms. The van der Waals surface area contributed by atoms with Crippen LogP contribution in [-0.4, -0.2) is 19.3 Å². The van der Waals surface area contributed by atoms with Gasteiger partial charge in [0, 0.05) is 35.0 Å². The monoisotopic (exact) mass is 811 g/mol. The normalized spacial score (nSPS) is 11.7. The van der Waals surface area contributed by atoms with Crippen molar-refractivity contribution in [3.05, 3.63) is 131 Å². The van der Waals surface area contributed by atoms with Gasteiger partial charge in [-0.3, -0.25) is 4.68 Å². The van der Waals surface area contributed by atoms with E-state index < -0.39 is 0 Å². The molecule has 4 aromatic carbocycles. The van der Waals surface area contributed by atoms with Crippen LogP contribution < -0.4 is 4.74 Å². The number of para-hydroxylation sites is 1. The van der Waals surface area contributed by atoms with E-state index in [4.69, 9.17) is 14.8 Å². The predicted molar refractivity (Wildman–Crippen MR) is 192 cm³/mol. The van der Waals surface area contributed by atoms with Crippen molar-refractivity contribution in [2.45, 2.75) is 67.2 Å². The quantitative estimate of drug-likeness (QED) is 0.157. The summed E-state index contributed by atoms with van der Waals surface area (Å²) in [5.74, 6) is 2.10. The Morgan fingerprint density at radius 3 is 2.29 bits per heavy atom. The summed E-state index contributed by atoms with van der Waals surface area (Å²) in [5.41, 5.74) is 12.6. The Morgan fingerprint density at radius 2 is 1.56 bits per heavy atom. The average Bonchev–Trinajstić information content (AvgIpc) is 3.66. The van der Waals surface area contributed by atoms with Crippen LogP contribution in [0.1, 0.15) is 61.1 Å². The summed E-state index contributed by atoms with van der Waals surface area (Å²) in [5, 5.41) is 7.07. The van der Waals surface area contributed by atoms with E-state index in [1.165, 1.54) is 33.4 Å². The molecule has 6 heteroatoms. The summed E-state index contributed by atoms with van der Waals surface area (Å²) in [6.45, 7) is 17.5. The Bertz CT molecular complexity index is 2280. The second-order valence-electron chi connectivity index (χ2n) is 13.6. The van der Waals surface area contributed by atoms with Gasteiger partial charge >= 0.3 is 21.1 Å². The summed E-state index contributed by atoms with van der Waals surface area (Å²) in [6, 6.07) is 30.4. The van der Waals surface area contributed by atoms with Crippen LogP contribution in [-0.2, 0) is 32.9 Å². The Hall–Kier alpha value is -4.47. The van der Waals surface area contributed by atoms with Crippen LogP contribution >= 0.6 is 0 Å². The molecular weight excluding hydrogens is 772 g/mol. The molecule has 0 N–H and O–H groups in total.